The maximum Gasteiger partial charge on any atom is 0.0584 e. The van der Waals surface area contributed by atoms with Gasteiger partial charge in [0.05, 0.1) is 18.4 Å². The van der Waals surface area contributed by atoms with E-state index in [0.29, 0.717) is 0 Å². The first-order valence-corrected chi connectivity index (χ1v) is 4.37. The van der Waals surface area contributed by atoms with Gasteiger partial charge in [-0.15, -0.1) is 9.24 Å². The van der Waals surface area contributed by atoms with E-state index in [-0.39, 0.29) is 13.2 Å². The van der Waals surface area contributed by atoms with E-state index in [1.807, 2.05) is 30.3 Å². The molecule has 0 radical (unpaired) electrons. The van der Waals surface area contributed by atoms with E-state index in [9.17, 15) is 0 Å². The van der Waals surface area contributed by atoms with Gasteiger partial charge in [0.15, 0.2) is 0 Å². The van der Waals surface area contributed by atoms with Crippen molar-refractivity contribution in [1.29, 1.82) is 0 Å². The largest absolute Gasteiger partial charge is 0.395 e. The highest BCUT2D eigenvalue weighted by Gasteiger charge is 2.24. The van der Waals surface area contributed by atoms with Crippen molar-refractivity contribution in [2.24, 2.45) is 0 Å². The highest BCUT2D eigenvalue weighted by Crippen LogP contribution is 2.29. The van der Waals surface area contributed by atoms with Crippen LogP contribution in [0.1, 0.15) is 5.56 Å². The zero-order valence-corrected chi connectivity index (χ0v) is 7.93. The molecular weight excluding hydrogens is 171 g/mol. The molecular formula is C9H13O2P. The monoisotopic (exact) mass is 184 g/mol. The minimum atomic E-state index is -0.596. The van der Waals surface area contributed by atoms with Crippen molar-refractivity contribution < 1.29 is 10.2 Å². The van der Waals surface area contributed by atoms with Crippen molar-refractivity contribution in [3.05, 3.63) is 35.9 Å². The highest BCUT2D eigenvalue weighted by atomic mass is 31.0. The Morgan fingerprint density at radius 1 is 1.08 bits per heavy atom. The van der Waals surface area contributed by atoms with Gasteiger partial charge in [-0.25, -0.2) is 0 Å². The van der Waals surface area contributed by atoms with Gasteiger partial charge in [-0.1, -0.05) is 30.3 Å². The molecule has 1 aromatic rings. The van der Waals surface area contributed by atoms with Crippen molar-refractivity contribution in [3.63, 3.8) is 0 Å². The van der Waals surface area contributed by atoms with Crippen LogP contribution >= 0.6 is 9.24 Å². The van der Waals surface area contributed by atoms with E-state index < -0.39 is 5.16 Å². The third-order valence-electron chi connectivity index (χ3n) is 1.91. The Labute approximate surface area is 74.4 Å². The molecule has 66 valence electrons. The third kappa shape index (κ3) is 1.84. The summed E-state index contributed by atoms with van der Waals surface area (Å²) in [5, 5.41) is 17.5. The second-order valence-electron chi connectivity index (χ2n) is 2.84. The molecule has 0 aliphatic carbocycles. The van der Waals surface area contributed by atoms with Crippen LogP contribution in [0.5, 0.6) is 0 Å². The fourth-order valence-corrected chi connectivity index (χ4v) is 1.20. The molecule has 1 unspecified atom stereocenters. The first-order valence-electron chi connectivity index (χ1n) is 3.79. The lowest BCUT2D eigenvalue weighted by Crippen LogP contribution is -2.27. The van der Waals surface area contributed by atoms with E-state index in [1.165, 1.54) is 0 Å². The van der Waals surface area contributed by atoms with Crippen LogP contribution < -0.4 is 0 Å². The summed E-state index contributed by atoms with van der Waals surface area (Å²) in [6, 6.07) is 9.46. The highest BCUT2D eigenvalue weighted by molar-refractivity contribution is 7.18. The number of hydrogen-bond acceptors (Lipinski definition) is 2. The Hall–Kier alpha value is -0.430. The quantitative estimate of drug-likeness (QED) is 0.680. The molecule has 1 aromatic carbocycles. The van der Waals surface area contributed by atoms with Gasteiger partial charge in [0.1, 0.15) is 0 Å². The Morgan fingerprint density at radius 2 is 1.58 bits per heavy atom. The molecule has 0 aliphatic heterocycles. The number of aliphatic hydroxyl groups is 2. The third-order valence-corrected chi connectivity index (χ3v) is 2.61. The van der Waals surface area contributed by atoms with E-state index in [2.05, 4.69) is 9.24 Å². The first kappa shape index (κ1) is 9.66. The second kappa shape index (κ2) is 3.99. The van der Waals surface area contributed by atoms with E-state index in [0.717, 1.165) is 5.56 Å². The second-order valence-corrected chi connectivity index (χ2v) is 3.94. The lowest BCUT2D eigenvalue weighted by molar-refractivity contribution is 0.173. The standard InChI is InChI=1S/C9H13O2P/c10-6-9(12,7-11)8-4-2-1-3-5-8/h1-5,10-11H,6-7,12H2. The fraction of sp³-hybridized carbons (Fsp3) is 0.333. The zero-order valence-electron chi connectivity index (χ0n) is 6.77. The van der Waals surface area contributed by atoms with Gasteiger partial charge in [0, 0.05) is 0 Å². The molecule has 0 fully saturated rings. The SMILES string of the molecule is OCC(P)(CO)c1ccccc1. The number of hydrogen-bond donors (Lipinski definition) is 2. The molecule has 2 N–H and O–H groups in total. The number of aliphatic hydroxyl groups excluding tert-OH is 2. The molecule has 0 saturated heterocycles. The van der Waals surface area contributed by atoms with Gasteiger partial charge in [-0.3, -0.25) is 0 Å². The normalized spacial score (nSPS) is 11.6. The summed E-state index contributed by atoms with van der Waals surface area (Å²) in [4.78, 5) is 0. The van der Waals surface area contributed by atoms with Crippen LogP contribution in [-0.2, 0) is 5.16 Å². The molecule has 0 amide bonds. The van der Waals surface area contributed by atoms with Crippen LogP contribution in [0.15, 0.2) is 30.3 Å². The molecule has 0 heterocycles. The Balaban J connectivity index is 2.95. The minimum Gasteiger partial charge on any atom is -0.395 e. The van der Waals surface area contributed by atoms with Gasteiger partial charge < -0.3 is 10.2 Å². The minimum absolute atomic E-state index is 0.0713. The van der Waals surface area contributed by atoms with Crippen LogP contribution in [0.2, 0.25) is 0 Å². The predicted octanol–water partition coefficient (Wildman–Crippen LogP) is 0.742. The van der Waals surface area contributed by atoms with Crippen molar-refractivity contribution in [2.45, 2.75) is 5.16 Å². The predicted molar refractivity (Wildman–Crippen MR) is 52.0 cm³/mol. The molecule has 0 spiro atoms. The summed E-state index contributed by atoms with van der Waals surface area (Å²) in [5.74, 6) is 0. The molecule has 3 heteroatoms. The van der Waals surface area contributed by atoms with Crippen LogP contribution in [-0.4, -0.2) is 23.4 Å². The van der Waals surface area contributed by atoms with E-state index in [4.69, 9.17) is 10.2 Å². The average Bonchev–Trinajstić information content (AvgIpc) is 2.18. The summed E-state index contributed by atoms with van der Waals surface area (Å²) < 4.78 is 0. The average molecular weight is 184 g/mol. The van der Waals surface area contributed by atoms with Crippen molar-refractivity contribution in [3.8, 4) is 0 Å². The molecule has 1 atom stereocenters. The Bertz CT molecular complexity index is 232. The summed E-state index contributed by atoms with van der Waals surface area (Å²) in [6.07, 6.45) is 0. The molecule has 2 nitrogen and oxygen atoms in total. The zero-order chi connectivity index (χ0) is 9.03. The van der Waals surface area contributed by atoms with Crippen molar-refractivity contribution >= 4 is 9.24 Å². The summed E-state index contributed by atoms with van der Waals surface area (Å²) in [7, 11) is 2.48. The maximum absolute atomic E-state index is 9.06. The lowest BCUT2D eigenvalue weighted by atomic mass is 10.00. The smallest absolute Gasteiger partial charge is 0.0584 e. The Kier molecular flexibility index (Phi) is 3.21. The van der Waals surface area contributed by atoms with Gasteiger partial charge in [-0.2, -0.15) is 0 Å². The summed E-state index contributed by atoms with van der Waals surface area (Å²) in [6.45, 7) is -0.143. The van der Waals surface area contributed by atoms with Crippen LogP contribution in [0.25, 0.3) is 0 Å². The first-order chi connectivity index (χ1) is 5.73. The number of rotatable bonds is 3. The fourth-order valence-electron chi connectivity index (χ4n) is 1.00. The Morgan fingerprint density at radius 3 is 2.00 bits per heavy atom. The topological polar surface area (TPSA) is 40.5 Å². The van der Waals surface area contributed by atoms with Crippen LogP contribution in [0, 0.1) is 0 Å². The molecule has 1 rings (SSSR count). The van der Waals surface area contributed by atoms with Gasteiger partial charge in [0.2, 0.25) is 0 Å². The van der Waals surface area contributed by atoms with Crippen molar-refractivity contribution in [1.82, 2.24) is 0 Å². The summed E-state index contributed by atoms with van der Waals surface area (Å²) >= 11 is 0. The molecule has 0 bridgehead atoms. The van der Waals surface area contributed by atoms with Gasteiger partial charge in [0.25, 0.3) is 0 Å². The maximum atomic E-state index is 9.06. The lowest BCUT2D eigenvalue weighted by Gasteiger charge is -2.24. The van der Waals surface area contributed by atoms with Crippen LogP contribution in [0.4, 0.5) is 0 Å². The molecule has 0 aromatic heterocycles. The van der Waals surface area contributed by atoms with E-state index in [1.54, 1.807) is 0 Å². The van der Waals surface area contributed by atoms with Gasteiger partial charge in [-0.05, 0) is 5.56 Å². The molecule has 0 saturated carbocycles. The number of benzene rings is 1. The summed E-state index contributed by atoms with van der Waals surface area (Å²) in [5.41, 5.74) is 0.931. The molecule has 0 aliphatic rings. The van der Waals surface area contributed by atoms with E-state index >= 15 is 0 Å². The van der Waals surface area contributed by atoms with Crippen LogP contribution in [0.3, 0.4) is 0 Å². The van der Waals surface area contributed by atoms with Crippen molar-refractivity contribution in [2.75, 3.05) is 13.2 Å². The molecule has 12 heavy (non-hydrogen) atoms. The van der Waals surface area contributed by atoms with Gasteiger partial charge >= 0.3 is 0 Å².